The second kappa shape index (κ2) is 4.33. The molecular weight excluding hydrogens is 252 g/mol. The molecule has 2 aliphatic rings. The summed E-state index contributed by atoms with van der Waals surface area (Å²) in [6.07, 6.45) is 3.36. The Morgan fingerprint density at radius 2 is 1.90 bits per heavy atom. The van der Waals surface area contributed by atoms with Gasteiger partial charge >= 0.3 is 0 Å². The molecular formula is C16H20N2O2. The van der Waals surface area contributed by atoms with Crippen LogP contribution in [-0.2, 0) is 22.4 Å². The quantitative estimate of drug-likeness (QED) is 0.847. The first-order valence-corrected chi connectivity index (χ1v) is 7.17. The van der Waals surface area contributed by atoms with Crippen LogP contribution in [0.3, 0.4) is 0 Å². The van der Waals surface area contributed by atoms with Crippen molar-refractivity contribution in [2.24, 2.45) is 0 Å². The SMILES string of the molecule is CC1C(=O)NC(C)(C)C(=O)N1c1ccc2c(c1)CCC2. The summed E-state index contributed by atoms with van der Waals surface area (Å²) in [4.78, 5) is 26.3. The highest BCUT2D eigenvalue weighted by molar-refractivity contribution is 6.10. The average Bonchev–Trinajstić information content (AvgIpc) is 2.84. The van der Waals surface area contributed by atoms with E-state index < -0.39 is 11.6 Å². The zero-order valence-corrected chi connectivity index (χ0v) is 12.2. The Morgan fingerprint density at radius 1 is 1.20 bits per heavy atom. The predicted molar refractivity (Wildman–Crippen MR) is 77.6 cm³/mol. The number of benzene rings is 1. The lowest BCUT2D eigenvalue weighted by molar-refractivity contribution is -0.136. The molecule has 0 aromatic heterocycles. The van der Waals surface area contributed by atoms with Crippen LogP contribution < -0.4 is 10.2 Å². The minimum Gasteiger partial charge on any atom is -0.340 e. The van der Waals surface area contributed by atoms with Crippen LogP contribution in [0.5, 0.6) is 0 Å². The van der Waals surface area contributed by atoms with E-state index >= 15 is 0 Å². The third kappa shape index (κ3) is 1.90. The fraction of sp³-hybridized carbons (Fsp3) is 0.500. The highest BCUT2D eigenvalue weighted by atomic mass is 16.2. The van der Waals surface area contributed by atoms with Gasteiger partial charge in [0.15, 0.2) is 0 Å². The Labute approximate surface area is 119 Å². The van der Waals surface area contributed by atoms with Crippen molar-refractivity contribution in [1.82, 2.24) is 5.32 Å². The van der Waals surface area contributed by atoms with Gasteiger partial charge in [0, 0.05) is 5.69 Å². The summed E-state index contributed by atoms with van der Waals surface area (Å²) in [5.41, 5.74) is 2.68. The van der Waals surface area contributed by atoms with Crippen molar-refractivity contribution < 1.29 is 9.59 Å². The third-order valence-electron chi connectivity index (χ3n) is 4.32. The fourth-order valence-corrected chi connectivity index (χ4v) is 3.11. The Balaban J connectivity index is 2.02. The molecule has 1 unspecified atom stereocenters. The normalized spacial score (nSPS) is 24.6. The van der Waals surface area contributed by atoms with E-state index in [-0.39, 0.29) is 11.8 Å². The Hall–Kier alpha value is -1.84. The van der Waals surface area contributed by atoms with Gasteiger partial charge in [0.1, 0.15) is 11.6 Å². The number of anilines is 1. The maximum absolute atomic E-state index is 12.6. The minimum absolute atomic E-state index is 0.0532. The molecule has 1 aromatic carbocycles. The van der Waals surface area contributed by atoms with E-state index in [9.17, 15) is 9.59 Å². The molecule has 1 saturated heterocycles. The molecule has 4 heteroatoms. The minimum atomic E-state index is -0.845. The average molecular weight is 272 g/mol. The predicted octanol–water partition coefficient (Wildman–Crippen LogP) is 1.81. The van der Waals surface area contributed by atoms with E-state index in [0.717, 1.165) is 18.5 Å². The van der Waals surface area contributed by atoms with Crippen molar-refractivity contribution in [1.29, 1.82) is 0 Å². The lowest BCUT2D eigenvalue weighted by Gasteiger charge is -2.41. The molecule has 1 atom stereocenters. The van der Waals surface area contributed by atoms with Gasteiger partial charge in [-0.15, -0.1) is 0 Å². The fourth-order valence-electron chi connectivity index (χ4n) is 3.11. The zero-order valence-electron chi connectivity index (χ0n) is 12.2. The maximum Gasteiger partial charge on any atom is 0.252 e. The zero-order chi connectivity index (χ0) is 14.5. The number of aryl methyl sites for hydroxylation is 2. The highest BCUT2D eigenvalue weighted by Crippen LogP contribution is 2.30. The van der Waals surface area contributed by atoms with E-state index in [1.54, 1.807) is 25.7 Å². The maximum atomic E-state index is 12.6. The van der Waals surface area contributed by atoms with E-state index in [0.29, 0.717) is 0 Å². The van der Waals surface area contributed by atoms with Gasteiger partial charge in [-0.3, -0.25) is 14.5 Å². The van der Waals surface area contributed by atoms with E-state index in [1.807, 2.05) is 6.07 Å². The first kappa shape index (κ1) is 13.2. The van der Waals surface area contributed by atoms with E-state index in [1.165, 1.54) is 17.5 Å². The Morgan fingerprint density at radius 3 is 2.65 bits per heavy atom. The van der Waals surface area contributed by atoms with Crippen molar-refractivity contribution in [2.45, 2.75) is 51.6 Å². The number of fused-ring (bicyclic) bond motifs is 1. The van der Waals surface area contributed by atoms with Crippen LogP contribution in [-0.4, -0.2) is 23.4 Å². The molecule has 1 aliphatic heterocycles. The number of hydrogen-bond donors (Lipinski definition) is 1. The lowest BCUT2D eigenvalue weighted by atomic mass is 9.96. The van der Waals surface area contributed by atoms with E-state index in [2.05, 4.69) is 17.4 Å². The molecule has 0 spiro atoms. The van der Waals surface area contributed by atoms with Crippen LogP contribution in [0.2, 0.25) is 0 Å². The summed E-state index contributed by atoms with van der Waals surface area (Å²) in [6.45, 7) is 5.27. The van der Waals surface area contributed by atoms with Crippen molar-refractivity contribution in [3.63, 3.8) is 0 Å². The van der Waals surface area contributed by atoms with Crippen molar-refractivity contribution >= 4 is 17.5 Å². The number of carbonyl (C=O) groups is 2. The van der Waals surface area contributed by atoms with Crippen LogP contribution in [0.15, 0.2) is 18.2 Å². The molecule has 2 amide bonds. The van der Waals surface area contributed by atoms with Gasteiger partial charge in [-0.1, -0.05) is 6.07 Å². The van der Waals surface area contributed by atoms with Gasteiger partial charge in [0.25, 0.3) is 5.91 Å². The van der Waals surface area contributed by atoms with Gasteiger partial charge in [-0.05, 0) is 63.3 Å². The number of rotatable bonds is 1. The summed E-state index contributed by atoms with van der Waals surface area (Å²) in [5.74, 6) is -0.155. The first-order chi connectivity index (χ1) is 9.40. The molecule has 0 bridgehead atoms. The molecule has 1 fully saturated rings. The second-order valence-electron chi connectivity index (χ2n) is 6.27. The first-order valence-electron chi connectivity index (χ1n) is 7.17. The third-order valence-corrected chi connectivity index (χ3v) is 4.32. The van der Waals surface area contributed by atoms with Gasteiger partial charge in [-0.2, -0.15) is 0 Å². The summed E-state index contributed by atoms with van der Waals surface area (Å²) in [5, 5.41) is 2.78. The Kier molecular flexibility index (Phi) is 2.85. The van der Waals surface area contributed by atoms with Crippen LogP contribution >= 0.6 is 0 Å². The van der Waals surface area contributed by atoms with Crippen LogP contribution in [0, 0.1) is 0 Å². The number of nitrogens with zero attached hydrogens (tertiary/aromatic N) is 1. The van der Waals surface area contributed by atoms with Crippen molar-refractivity contribution in [2.75, 3.05) is 4.90 Å². The molecule has 1 N–H and O–H groups in total. The molecule has 0 radical (unpaired) electrons. The summed E-state index contributed by atoms with van der Waals surface area (Å²) >= 11 is 0. The summed E-state index contributed by atoms with van der Waals surface area (Å²) < 4.78 is 0. The summed E-state index contributed by atoms with van der Waals surface area (Å²) in [6, 6.07) is 5.67. The summed E-state index contributed by atoms with van der Waals surface area (Å²) in [7, 11) is 0. The van der Waals surface area contributed by atoms with Gasteiger partial charge in [0.05, 0.1) is 0 Å². The standard InChI is InChI=1S/C16H20N2O2/c1-10-14(19)17-16(2,3)15(20)18(10)13-8-7-11-5-4-6-12(11)9-13/h7-10H,4-6H2,1-3H3,(H,17,19). The van der Waals surface area contributed by atoms with E-state index in [4.69, 9.17) is 0 Å². The molecule has 0 saturated carbocycles. The molecule has 4 nitrogen and oxygen atoms in total. The largest absolute Gasteiger partial charge is 0.340 e. The number of carbonyl (C=O) groups excluding carboxylic acids is 2. The van der Waals surface area contributed by atoms with Crippen LogP contribution in [0.1, 0.15) is 38.3 Å². The molecule has 1 aromatic rings. The van der Waals surface area contributed by atoms with Crippen LogP contribution in [0.4, 0.5) is 5.69 Å². The lowest BCUT2D eigenvalue weighted by Crippen LogP contribution is -2.67. The van der Waals surface area contributed by atoms with Gasteiger partial charge in [-0.25, -0.2) is 0 Å². The van der Waals surface area contributed by atoms with Gasteiger partial charge < -0.3 is 5.32 Å². The van der Waals surface area contributed by atoms with Gasteiger partial charge in [0.2, 0.25) is 5.91 Å². The van der Waals surface area contributed by atoms with Crippen molar-refractivity contribution in [3.05, 3.63) is 29.3 Å². The van der Waals surface area contributed by atoms with Crippen molar-refractivity contribution in [3.8, 4) is 0 Å². The number of nitrogens with one attached hydrogen (secondary N) is 1. The second-order valence-corrected chi connectivity index (χ2v) is 6.27. The molecule has 1 heterocycles. The molecule has 106 valence electrons. The molecule has 1 aliphatic carbocycles. The highest BCUT2D eigenvalue weighted by Gasteiger charge is 2.44. The topological polar surface area (TPSA) is 49.4 Å². The monoisotopic (exact) mass is 272 g/mol. The number of amides is 2. The molecule has 3 rings (SSSR count). The number of hydrogen-bond acceptors (Lipinski definition) is 2. The smallest absolute Gasteiger partial charge is 0.252 e. The van der Waals surface area contributed by atoms with Crippen LogP contribution in [0.25, 0.3) is 0 Å². The molecule has 20 heavy (non-hydrogen) atoms. The Bertz CT molecular complexity index is 592. The number of piperazine rings is 1.